The van der Waals surface area contributed by atoms with Gasteiger partial charge in [0.1, 0.15) is 5.75 Å². The molecule has 0 fully saturated rings. The molecule has 0 bridgehead atoms. The maximum absolute atomic E-state index is 5.50. The lowest BCUT2D eigenvalue weighted by Gasteiger charge is -2.22. The Balaban J connectivity index is 0.00000139. The minimum atomic E-state index is 0.652. The second-order valence-electron chi connectivity index (χ2n) is 4.58. The Bertz CT molecular complexity index is 634. The van der Waals surface area contributed by atoms with E-state index in [-0.39, 0.29) is 0 Å². The number of pyridine rings is 1. The van der Waals surface area contributed by atoms with Gasteiger partial charge in [-0.2, -0.15) is 0 Å². The van der Waals surface area contributed by atoms with Crippen molar-refractivity contribution in [1.82, 2.24) is 10.4 Å². The number of benzene rings is 1. The number of nitrogens with one attached hydrogen (secondary N) is 1. The van der Waals surface area contributed by atoms with E-state index in [1.165, 1.54) is 0 Å². The fourth-order valence-corrected chi connectivity index (χ4v) is 2.65. The molecular formula is C18H26N4OS. The summed E-state index contributed by atoms with van der Waals surface area (Å²) in [6, 6.07) is 9.89. The van der Waals surface area contributed by atoms with Crippen molar-refractivity contribution >= 4 is 23.3 Å². The molecule has 2 rings (SSSR count). The summed E-state index contributed by atoms with van der Waals surface area (Å²) in [6.07, 6.45) is 5.65. The Labute approximate surface area is 149 Å². The molecule has 0 spiro atoms. The predicted octanol–water partition coefficient (Wildman–Crippen LogP) is 3.84. The lowest BCUT2D eigenvalue weighted by atomic mass is 10.1. The smallest absolute Gasteiger partial charge is 0.124 e. The van der Waals surface area contributed by atoms with Crippen LogP contribution >= 0.6 is 11.9 Å². The molecule has 1 aromatic heterocycles. The molecule has 0 radical (unpaired) electrons. The van der Waals surface area contributed by atoms with Crippen molar-refractivity contribution in [2.24, 2.45) is 5.84 Å². The van der Waals surface area contributed by atoms with Crippen molar-refractivity contribution in [2.75, 3.05) is 17.7 Å². The number of nitrogens with zero attached hydrogens (tertiary/aromatic N) is 2. The average Bonchev–Trinajstić information content (AvgIpc) is 2.67. The van der Waals surface area contributed by atoms with Crippen LogP contribution < -0.4 is 20.3 Å². The molecule has 0 atom stereocenters. The number of methoxy groups -OCH3 is 1. The van der Waals surface area contributed by atoms with Gasteiger partial charge in [0.05, 0.1) is 25.5 Å². The highest BCUT2D eigenvalue weighted by Gasteiger charge is 2.11. The first-order valence-electron chi connectivity index (χ1n) is 7.74. The summed E-state index contributed by atoms with van der Waals surface area (Å²) >= 11 is 1.64. The van der Waals surface area contributed by atoms with Gasteiger partial charge in [0.25, 0.3) is 0 Å². The Morgan fingerprint density at radius 1 is 1.38 bits per heavy atom. The molecule has 1 heterocycles. The van der Waals surface area contributed by atoms with E-state index in [4.69, 9.17) is 10.6 Å². The Morgan fingerprint density at radius 2 is 2.12 bits per heavy atom. The Morgan fingerprint density at radius 3 is 2.67 bits per heavy atom. The molecule has 1 aromatic carbocycles. The van der Waals surface area contributed by atoms with Gasteiger partial charge < -0.3 is 14.5 Å². The summed E-state index contributed by atoms with van der Waals surface area (Å²) in [4.78, 5) is 4.17. The number of hydrogen-bond donors (Lipinski definition) is 2. The van der Waals surface area contributed by atoms with Gasteiger partial charge in [-0.3, -0.25) is 10.8 Å². The Hall–Kier alpha value is -2.18. The summed E-state index contributed by atoms with van der Waals surface area (Å²) in [5, 5.41) is 0. The number of aromatic nitrogens is 1. The van der Waals surface area contributed by atoms with E-state index in [9.17, 15) is 0 Å². The largest absolute Gasteiger partial charge is 0.496 e. The molecule has 0 unspecified atom stereocenters. The minimum absolute atomic E-state index is 0.652. The van der Waals surface area contributed by atoms with E-state index in [1.807, 2.05) is 56.6 Å². The fourth-order valence-electron chi connectivity index (χ4n) is 2.06. The summed E-state index contributed by atoms with van der Waals surface area (Å²) in [5.41, 5.74) is 6.24. The van der Waals surface area contributed by atoms with E-state index in [0.29, 0.717) is 12.2 Å². The van der Waals surface area contributed by atoms with Gasteiger partial charge in [0.15, 0.2) is 0 Å². The van der Waals surface area contributed by atoms with E-state index in [2.05, 4.69) is 21.3 Å². The first-order chi connectivity index (χ1) is 11.7. The van der Waals surface area contributed by atoms with Crippen molar-refractivity contribution in [3.8, 4) is 5.75 Å². The zero-order valence-electron chi connectivity index (χ0n) is 14.7. The molecule has 2 aromatic rings. The summed E-state index contributed by atoms with van der Waals surface area (Å²) < 4.78 is 7.65. The second-order valence-corrected chi connectivity index (χ2v) is 5.39. The van der Waals surface area contributed by atoms with Gasteiger partial charge in [-0.25, -0.2) is 0 Å². The van der Waals surface area contributed by atoms with Crippen molar-refractivity contribution in [3.05, 3.63) is 60.4 Å². The quantitative estimate of drug-likeness (QED) is 0.451. The highest BCUT2D eigenvalue weighted by atomic mass is 32.2. The van der Waals surface area contributed by atoms with Crippen LogP contribution in [-0.2, 0) is 6.54 Å². The first-order valence-corrected chi connectivity index (χ1v) is 8.92. The molecule has 5 nitrogen and oxygen atoms in total. The van der Waals surface area contributed by atoms with E-state index < -0.39 is 0 Å². The second kappa shape index (κ2) is 10.6. The molecule has 0 aliphatic heterocycles. The van der Waals surface area contributed by atoms with Crippen LogP contribution in [-0.4, -0.2) is 18.3 Å². The van der Waals surface area contributed by atoms with Crippen molar-refractivity contribution in [2.45, 2.75) is 20.4 Å². The normalized spacial score (nSPS) is 9.54. The van der Waals surface area contributed by atoms with Gasteiger partial charge in [-0.15, -0.1) is 0 Å². The van der Waals surface area contributed by atoms with Crippen LogP contribution in [0.15, 0.2) is 49.3 Å². The Kier molecular flexibility index (Phi) is 8.75. The minimum Gasteiger partial charge on any atom is -0.496 e. The first kappa shape index (κ1) is 19.9. The van der Waals surface area contributed by atoms with Crippen molar-refractivity contribution in [1.29, 1.82) is 0 Å². The number of hydrogen-bond acceptors (Lipinski definition) is 6. The van der Waals surface area contributed by atoms with Gasteiger partial charge in [0, 0.05) is 29.3 Å². The van der Waals surface area contributed by atoms with Gasteiger partial charge >= 0.3 is 0 Å². The van der Waals surface area contributed by atoms with Crippen LogP contribution in [0.25, 0.3) is 5.70 Å². The summed E-state index contributed by atoms with van der Waals surface area (Å²) in [7, 11) is 1.66. The van der Waals surface area contributed by atoms with Crippen LogP contribution in [0.2, 0.25) is 0 Å². The number of hydrazine groups is 1. The monoisotopic (exact) mass is 346 g/mol. The summed E-state index contributed by atoms with van der Waals surface area (Å²) in [5.74, 6) is 6.21. The highest BCUT2D eigenvalue weighted by molar-refractivity contribution is 7.99. The van der Waals surface area contributed by atoms with Crippen LogP contribution in [0.3, 0.4) is 0 Å². The number of anilines is 1. The lowest BCUT2D eigenvalue weighted by molar-refractivity contribution is 0.410. The van der Waals surface area contributed by atoms with E-state index in [1.54, 1.807) is 25.3 Å². The lowest BCUT2D eigenvalue weighted by Crippen LogP contribution is -2.19. The van der Waals surface area contributed by atoms with Crippen LogP contribution in [0, 0.1) is 0 Å². The van der Waals surface area contributed by atoms with Gasteiger partial charge in [-0.1, -0.05) is 44.5 Å². The fraction of sp³-hybridized carbons (Fsp3) is 0.278. The average molecular weight is 347 g/mol. The molecule has 3 N–H and O–H groups in total. The SMILES string of the molecule is C=C(NN)c1ccc(CN(SC)c2cccnc2)c(OC)c1.CC. The van der Waals surface area contributed by atoms with Crippen LogP contribution in [0.1, 0.15) is 25.0 Å². The predicted molar refractivity (Wildman–Crippen MR) is 105 cm³/mol. The molecule has 0 aliphatic carbocycles. The molecule has 24 heavy (non-hydrogen) atoms. The number of nitrogens with two attached hydrogens (primary N) is 1. The van der Waals surface area contributed by atoms with Crippen LogP contribution in [0.4, 0.5) is 5.69 Å². The molecule has 0 saturated carbocycles. The maximum atomic E-state index is 5.50. The molecular weight excluding hydrogens is 320 g/mol. The molecule has 0 saturated heterocycles. The third kappa shape index (κ3) is 5.18. The molecule has 0 amide bonds. The zero-order valence-corrected chi connectivity index (χ0v) is 15.6. The number of rotatable bonds is 7. The van der Waals surface area contributed by atoms with Crippen molar-refractivity contribution in [3.63, 3.8) is 0 Å². The van der Waals surface area contributed by atoms with E-state index in [0.717, 1.165) is 22.6 Å². The molecule has 6 heteroatoms. The van der Waals surface area contributed by atoms with Crippen molar-refractivity contribution < 1.29 is 4.74 Å². The maximum Gasteiger partial charge on any atom is 0.124 e. The summed E-state index contributed by atoms with van der Waals surface area (Å²) in [6.45, 7) is 8.57. The third-order valence-electron chi connectivity index (χ3n) is 3.28. The van der Waals surface area contributed by atoms with Gasteiger partial charge in [0.2, 0.25) is 0 Å². The molecule has 130 valence electrons. The standard InChI is InChI=1S/C16H20N4OS.C2H6/c1-12(19-17)13-6-7-14(16(9-13)21-2)11-20(22-3)15-5-4-8-18-10-15;1-2/h4-10,19H,1,11,17H2,2-3H3;1-2H3. The zero-order chi connectivity index (χ0) is 17.9. The highest BCUT2D eigenvalue weighted by Crippen LogP contribution is 2.28. The topological polar surface area (TPSA) is 63.4 Å². The number of ether oxygens (including phenoxy) is 1. The van der Waals surface area contributed by atoms with Gasteiger partial charge in [-0.05, 0) is 18.2 Å². The third-order valence-corrected chi connectivity index (χ3v) is 4.06. The van der Waals surface area contributed by atoms with E-state index >= 15 is 0 Å². The molecule has 0 aliphatic rings. The van der Waals surface area contributed by atoms with Crippen LogP contribution in [0.5, 0.6) is 5.75 Å².